The zero-order valence-corrected chi connectivity index (χ0v) is 14.8. The molecule has 3 nitrogen and oxygen atoms in total. The molecule has 3 aromatic rings. The molecule has 0 unspecified atom stereocenters. The third-order valence-electron chi connectivity index (χ3n) is 4.23. The van der Waals surface area contributed by atoms with Gasteiger partial charge in [-0.05, 0) is 12.1 Å². The number of hydrogen-bond donors (Lipinski definition) is 2. The minimum Gasteiger partial charge on any atom is -0.320 e. The van der Waals surface area contributed by atoms with Crippen LogP contribution < -0.4 is 10.2 Å². The highest BCUT2D eigenvalue weighted by molar-refractivity contribution is 5.91. The van der Waals surface area contributed by atoms with E-state index < -0.39 is 23.2 Å². The van der Waals surface area contributed by atoms with Gasteiger partial charge in [0.25, 0.3) is 5.91 Å². The fraction of sp³-hybridized carbons (Fsp3) is 0.136. The number of anilines is 1. The second kappa shape index (κ2) is 9.05. The first-order valence-corrected chi connectivity index (χ1v) is 8.77. The summed E-state index contributed by atoms with van der Waals surface area (Å²) in [5, 5.41) is 2.37. The van der Waals surface area contributed by atoms with E-state index in [1.165, 1.54) is 6.07 Å². The van der Waals surface area contributed by atoms with Crippen molar-refractivity contribution in [3.05, 3.63) is 102 Å². The zero-order chi connectivity index (χ0) is 19.1. The molecule has 0 saturated carbocycles. The van der Waals surface area contributed by atoms with Crippen LogP contribution in [0.4, 0.5) is 14.5 Å². The second-order valence-electron chi connectivity index (χ2n) is 6.40. The highest BCUT2D eigenvalue weighted by Gasteiger charge is 2.18. The fourth-order valence-electron chi connectivity index (χ4n) is 2.98. The van der Waals surface area contributed by atoms with E-state index in [4.69, 9.17) is 0 Å². The zero-order valence-electron chi connectivity index (χ0n) is 14.8. The molecule has 1 amide bonds. The molecule has 27 heavy (non-hydrogen) atoms. The minimum atomic E-state index is -0.781. The van der Waals surface area contributed by atoms with Gasteiger partial charge in [0.1, 0.15) is 30.4 Å². The van der Waals surface area contributed by atoms with Gasteiger partial charge in [-0.3, -0.25) is 4.79 Å². The lowest BCUT2D eigenvalue weighted by atomic mass is 10.1. The smallest absolute Gasteiger partial charge is 0.279 e. The van der Waals surface area contributed by atoms with Crippen LogP contribution in [0.5, 0.6) is 0 Å². The molecular formula is C22H21F2N2O+. The molecule has 5 heteroatoms. The maximum absolute atomic E-state index is 13.8. The molecule has 0 bridgehead atoms. The van der Waals surface area contributed by atoms with Crippen molar-refractivity contribution in [3.8, 4) is 0 Å². The Morgan fingerprint density at radius 1 is 0.741 bits per heavy atom. The molecule has 0 aliphatic carbocycles. The maximum atomic E-state index is 13.8. The van der Waals surface area contributed by atoms with E-state index in [-0.39, 0.29) is 6.54 Å². The number of hydrogen-bond acceptors (Lipinski definition) is 1. The first-order valence-electron chi connectivity index (χ1n) is 8.77. The molecule has 0 atom stereocenters. The van der Waals surface area contributed by atoms with Gasteiger partial charge in [0.15, 0.2) is 6.54 Å². The summed E-state index contributed by atoms with van der Waals surface area (Å²) in [5.74, 6) is -1.99. The number of halogens is 2. The van der Waals surface area contributed by atoms with E-state index in [1.807, 2.05) is 60.7 Å². The maximum Gasteiger partial charge on any atom is 0.279 e. The van der Waals surface area contributed by atoms with Crippen LogP contribution in [0.1, 0.15) is 11.1 Å². The molecule has 138 valence electrons. The predicted molar refractivity (Wildman–Crippen MR) is 101 cm³/mol. The van der Waals surface area contributed by atoms with Crippen LogP contribution in [0, 0.1) is 11.6 Å². The van der Waals surface area contributed by atoms with Crippen molar-refractivity contribution in [1.29, 1.82) is 0 Å². The van der Waals surface area contributed by atoms with E-state index >= 15 is 0 Å². The average Bonchev–Trinajstić information content (AvgIpc) is 2.66. The third kappa shape index (κ3) is 5.46. The van der Waals surface area contributed by atoms with Gasteiger partial charge in [-0.2, -0.15) is 0 Å². The summed E-state index contributed by atoms with van der Waals surface area (Å²) in [6, 6.07) is 23.2. The Balaban J connectivity index is 1.72. The molecule has 0 saturated heterocycles. The Labute approximate surface area is 157 Å². The highest BCUT2D eigenvalue weighted by atomic mass is 19.1. The molecule has 0 fully saturated rings. The predicted octanol–water partition coefficient (Wildman–Crippen LogP) is 3.19. The number of carbonyl (C=O) groups is 1. The summed E-state index contributed by atoms with van der Waals surface area (Å²) in [6.07, 6.45) is 0. The first kappa shape index (κ1) is 18.7. The van der Waals surface area contributed by atoms with Gasteiger partial charge in [-0.15, -0.1) is 0 Å². The Morgan fingerprint density at radius 3 is 1.70 bits per heavy atom. The summed E-state index contributed by atoms with van der Waals surface area (Å²) in [7, 11) is 0. The van der Waals surface area contributed by atoms with Crippen LogP contribution >= 0.6 is 0 Å². The Kier molecular flexibility index (Phi) is 6.28. The van der Waals surface area contributed by atoms with Crippen molar-refractivity contribution in [2.45, 2.75) is 13.1 Å². The Hall–Kier alpha value is -3.05. The van der Waals surface area contributed by atoms with Crippen LogP contribution in [0.3, 0.4) is 0 Å². The molecule has 3 rings (SSSR count). The van der Waals surface area contributed by atoms with Crippen molar-refractivity contribution in [2.75, 3.05) is 11.9 Å². The van der Waals surface area contributed by atoms with Crippen molar-refractivity contribution in [1.82, 2.24) is 0 Å². The fourth-order valence-corrected chi connectivity index (χ4v) is 2.98. The number of para-hydroxylation sites is 1. The minimum absolute atomic E-state index is 0.0948. The number of nitrogens with one attached hydrogen (secondary N) is 2. The molecule has 0 heterocycles. The third-order valence-corrected chi connectivity index (χ3v) is 4.23. The van der Waals surface area contributed by atoms with Crippen LogP contribution in [-0.4, -0.2) is 12.5 Å². The van der Waals surface area contributed by atoms with E-state index in [1.54, 1.807) is 0 Å². The molecule has 2 N–H and O–H groups in total. The van der Waals surface area contributed by atoms with Gasteiger partial charge >= 0.3 is 0 Å². The second-order valence-corrected chi connectivity index (χ2v) is 6.40. The molecule has 0 aliphatic rings. The first-order chi connectivity index (χ1) is 13.1. The summed E-state index contributed by atoms with van der Waals surface area (Å²) in [5.41, 5.74) is 1.78. The molecule has 3 aromatic carbocycles. The Bertz CT molecular complexity index is 824. The Morgan fingerprint density at radius 2 is 1.22 bits per heavy atom. The van der Waals surface area contributed by atoms with Crippen LogP contribution in [0.15, 0.2) is 78.9 Å². The molecule has 0 spiro atoms. The van der Waals surface area contributed by atoms with Gasteiger partial charge in [-0.1, -0.05) is 66.7 Å². The van der Waals surface area contributed by atoms with Crippen LogP contribution in [0.2, 0.25) is 0 Å². The largest absolute Gasteiger partial charge is 0.320 e. The van der Waals surface area contributed by atoms with Crippen molar-refractivity contribution in [2.24, 2.45) is 0 Å². The normalized spacial score (nSPS) is 10.8. The van der Waals surface area contributed by atoms with Crippen molar-refractivity contribution in [3.63, 3.8) is 0 Å². The quantitative estimate of drug-likeness (QED) is 0.661. The monoisotopic (exact) mass is 367 g/mol. The lowest BCUT2D eigenvalue weighted by Crippen LogP contribution is -3.10. The average molecular weight is 367 g/mol. The number of rotatable bonds is 7. The van der Waals surface area contributed by atoms with Gasteiger partial charge in [-0.25, -0.2) is 8.78 Å². The summed E-state index contributed by atoms with van der Waals surface area (Å²) in [6.45, 7) is 1.35. The number of benzene rings is 3. The molecule has 0 radical (unpaired) electrons. The van der Waals surface area contributed by atoms with E-state index in [9.17, 15) is 13.6 Å². The van der Waals surface area contributed by atoms with Gasteiger partial charge in [0.05, 0.1) is 0 Å². The number of quaternary nitrogens is 1. The topological polar surface area (TPSA) is 33.5 Å². The van der Waals surface area contributed by atoms with E-state index in [0.717, 1.165) is 28.2 Å². The highest BCUT2D eigenvalue weighted by Crippen LogP contribution is 2.17. The van der Waals surface area contributed by atoms with Gasteiger partial charge < -0.3 is 10.2 Å². The van der Waals surface area contributed by atoms with E-state index in [0.29, 0.717) is 13.1 Å². The van der Waals surface area contributed by atoms with Gasteiger partial charge in [0.2, 0.25) is 0 Å². The molecule has 0 aliphatic heterocycles. The lowest BCUT2D eigenvalue weighted by Gasteiger charge is -2.19. The molecular weight excluding hydrogens is 346 g/mol. The summed E-state index contributed by atoms with van der Waals surface area (Å²) >= 11 is 0. The lowest BCUT2D eigenvalue weighted by molar-refractivity contribution is -0.919. The van der Waals surface area contributed by atoms with Crippen LogP contribution in [0.25, 0.3) is 0 Å². The van der Waals surface area contributed by atoms with Crippen molar-refractivity contribution < 1.29 is 18.5 Å². The number of carbonyl (C=O) groups excluding carboxylic acids is 1. The van der Waals surface area contributed by atoms with Crippen molar-refractivity contribution >= 4 is 11.6 Å². The van der Waals surface area contributed by atoms with Crippen LogP contribution in [-0.2, 0) is 17.9 Å². The van der Waals surface area contributed by atoms with Gasteiger partial charge in [0, 0.05) is 11.1 Å². The standard InChI is InChI=1S/C22H20F2N2O/c23-19-12-7-13-20(24)22(19)25-21(27)16-26(14-17-8-3-1-4-9-17)15-18-10-5-2-6-11-18/h1-13H,14-16H2,(H,25,27)/p+1. The summed E-state index contributed by atoms with van der Waals surface area (Å²) < 4.78 is 27.6. The summed E-state index contributed by atoms with van der Waals surface area (Å²) in [4.78, 5) is 13.4. The van der Waals surface area contributed by atoms with E-state index in [2.05, 4.69) is 5.32 Å². The SMILES string of the molecule is O=C(C[NH+](Cc1ccccc1)Cc1ccccc1)Nc1c(F)cccc1F. The molecule has 0 aromatic heterocycles. The number of amides is 1.